The molecule has 0 saturated carbocycles. The number of halogens is 1. The Hall–Kier alpha value is -2.08. The van der Waals surface area contributed by atoms with Crippen LogP contribution >= 0.6 is 11.6 Å². The van der Waals surface area contributed by atoms with E-state index in [2.05, 4.69) is 10.6 Å². The topological polar surface area (TPSA) is 78.5 Å². The molecule has 124 valence electrons. The molecule has 1 aliphatic rings. The van der Waals surface area contributed by atoms with Crippen LogP contribution in [0.15, 0.2) is 18.2 Å². The average molecular weight is 338 g/mol. The molecular weight excluding hydrogens is 318 g/mol. The fourth-order valence-electron chi connectivity index (χ4n) is 2.43. The molecule has 0 radical (unpaired) electrons. The summed E-state index contributed by atoms with van der Waals surface area (Å²) in [7, 11) is 0. The standard InChI is InChI=1S/C16H20ClN3O3/c1-9(2)7-13-15(22)20(16(23)19-13)8-14(21)18-12-6-4-5-11(17)10(12)3/h4-6,9,13H,7-8H2,1-3H3,(H,18,21)(H,19,23). The molecule has 23 heavy (non-hydrogen) atoms. The molecule has 2 N–H and O–H groups in total. The first kappa shape index (κ1) is 17.3. The molecule has 6 nitrogen and oxygen atoms in total. The fourth-order valence-corrected chi connectivity index (χ4v) is 2.61. The maximum atomic E-state index is 12.2. The van der Waals surface area contributed by atoms with E-state index in [0.717, 1.165) is 10.5 Å². The van der Waals surface area contributed by atoms with Crippen LogP contribution in [0.4, 0.5) is 10.5 Å². The van der Waals surface area contributed by atoms with Gasteiger partial charge in [0.25, 0.3) is 5.91 Å². The van der Waals surface area contributed by atoms with Gasteiger partial charge in [-0.2, -0.15) is 0 Å². The van der Waals surface area contributed by atoms with Gasteiger partial charge in [0.15, 0.2) is 0 Å². The van der Waals surface area contributed by atoms with Gasteiger partial charge in [0, 0.05) is 10.7 Å². The summed E-state index contributed by atoms with van der Waals surface area (Å²) in [6, 6.07) is 4.08. The number of carbonyl (C=O) groups is 3. The molecule has 4 amide bonds. The number of nitrogens with zero attached hydrogens (tertiary/aromatic N) is 1. The van der Waals surface area contributed by atoms with E-state index in [9.17, 15) is 14.4 Å². The third-order valence-electron chi connectivity index (χ3n) is 3.66. The Morgan fingerprint density at radius 1 is 1.39 bits per heavy atom. The first-order valence-corrected chi connectivity index (χ1v) is 7.84. The van der Waals surface area contributed by atoms with Crippen molar-refractivity contribution in [2.24, 2.45) is 5.92 Å². The van der Waals surface area contributed by atoms with Crippen LogP contribution in [0, 0.1) is 12.8 Å². The molecule has 1 aromatic rings. The van der Waals surface area contributed by atoms with Crippen LogP contribution in [0.2, 0.25) is 5.02 Å². The molecule has 0 bridgehead atoms. The SMILES string of the molecule is Cc1c(Cl)cccc1NC(=O)CN1C(=O)NC(CC(C)C)C1=O. The number of rotatable bonds is 5. The molecule has 1 atom stereocenters. The smallest absolute Gasteiger partial charge is 0.325 e. The summed E-state index contributed by atoms with van der Waals surface area (Å²) < 4.78 is 0. The highest BCUT2D eigenvalue weighted by molar-refractivity contribution is 6.31. The first-order chi connectivity index (χ1) is 10.8. The minimum Gasteiger partial charge on any atom is -0.326 e. The minimum absolute atomic E-state index is 0.270. The van der Waals surface area contributed by atoms with E-state index in [4.69, 9.17) is 11.6 Å². The molecule has 1 heterocycles. The highest BCUT2D eigenvalue weighted by atomic mass is 35.5. The summed E-state index contributed by atoms with van der Waals surface area (Å²) in [6.45, 7) is 5.41. The van der Waals surface area contributed by atoms with Gasteiger partial charge in [-0.25, -0.2) is 4.79 Å². The van der Waals surface area contributed by atoms with Crippen LogP contribution < -0.4 is 10.6 Å². The van der Waals surface area contributed by atoms with Crippen molar-refractivity contribution >= 4 is 35.1 Å². The summed E-state index contributed by atoms with van der Waals surface area (Å²) in [5.41, 5.74) is 1.30. The number of benzene rings is 1. The van der Waals surface area contributed by atoms with E-state index >= 15 is 0 Å². The van der Waals surface area contributed by atoms with Gasteiger partial charge in [0.05, 0.1) is 0 Å². The van der Waals surface area contributed by atoms with Crippen LogP contribution in [0.1, 0.15) is 25.8 Å². The largest absolute Gasteiger partial charge is 0.326 e. The van der Waals surface area contributed by atoms with Gasteiger partial charge in [-0.05, 0) is 37.0 Å². The Kier molecular flexibility index (Phi) is 5.26. The van der Waals surface area contributed by atoms with Crippen LogP contribution in [0.5, 0.6) is 0 Å². The van der Waals surface area contributed by atoms with Gasteiger partial charge in [-0.15, -0.1) is 0 Å². The molecule has 7 heteroatoms. The fraction of sp³-hybridized carbons (Fsp3) is 0.438. The zero-order chi connectivity index (χ0) is 17.1. The third-order valence-corrected chi connectivity index (χ3v) is 4.07. The number of imide groups is 1. The zero-order valence-electron chi connectivity index (χ0n) is 13.4. The normalized spacial score (nSPS) is 17.6. The number of anilines is 1. The number of carbonyl (C=O) groups excluding carboxylic acids is 3. The second kappa shape index (κ2) is 7.00. The highest BCUT2D eigenvalue weighted by Crippen LogP contribution is 2.23. The summed E-state index contributed by atoms with van der Waals surface area (Å²) in [6.07, 6.45) is 0.552. The Morgan fingerprint density at radius 3 is 2.74 bits per heavy atom. The van der Waals surface area contributed by atoms with Crippen LogP contribution in [0.3, 0.4) is 0 Å². The molecule has 1 aromatic carbocycles. The molecule has 2 rings (SSSR count). The van der Waals surface area contributed by atoms with Crippen LogP contribution in [-0.4, -0.2) is 35.3 Å². The lowest BCUT2D eigenvalue weighted by Gasteiger charge is -2.15. The Labute approximate surface area is 140 Å². The van der Waals surface area contributed by atoms with E-state index in [1.165, 1.54) is 0 Å². The Morgan fingerprint density at radius 2 is 2.09 bits per heavy atom. The number of hydrogen-bond acceptors (Lipinski definition) is 3. The van der Waals surface area contributed by atoms with Crippen molar-refractivity contribution in [3.05, 3.63) is 28.8 Å². The lowest BCUT2D eigenvalue weighted by Crippen LogP contribution is -2.38. The molecule has 1 aliphatic heterocycles. The van der Waals surface area contributed by atoms with Gasteiger partial charge in [-0.3, -0.25) is 14.5 Å². The summed E-state index contributed by atoms with van der Waals surface area (Å²) >= 11 is 6.00. The zero-order valence-corrected chi connectivity index (χ0v) is 14.1. The molecule has 0 aliphatic carbocycles. The molecule has 1 saturated heterocycles. The number of amides is 4. The van der Waals surface area contributed by atoms with Crippen molar-refractivity contribution < 1.29 is 14.4 Å². The average Bonchev–Trinajstić information content (AvgIpc) is 2.71. The lowest BCUT2D eigenvalue weighted by molar-refractivity contribution is -0.131. The summed E-state index contributed by atoms with van der Waals surface area (Å²) in [4.78, 5) is 37.2. The molecular formula is C16H20ClN3O3. The lowest BCUT2D eigenvalue weighted by atomic mass is 10.0. The molecule has 1 fully saturated rings. The Balaban J connectivity index is 2.01. The maximum absolute atomic E-state index is 12.2. The predicted molar refractivity (Wildman–Crippen MR) is 88.3 cm³/mol. The maximum Gasteiger partial charge on any atom is 0.325 e. The highest BCUT2D eigenvalue weighted by Gasteiger charge is 2.39. The van der Waals surface area contributed by atoms with Gasteiger partial charge < -0.3 is 10.6 Å². The van der Waals surface area contributed by atoms with Crippen molar-refractivity contribution in [2.45, 2.75) is 33.2 Å². The minimum atomic E-state index is -0.553. The van der Waals surface area contributed by atoms with Crippen LogP contribution in [-0.2, 0) is 9.59 Å². The van der Waals surface area contributed by atoms with Crippen molar-refractivity contribution in [3.8, 4) is 0 Å². The quantitative estimate of drug-likeness (QED) is 0.810. The second-order valence-electron chi connectivity index (χ2n) is 6.02. The molecule has 1 unspecified atom stereocenters. The van der Waals surface area contributed by atoms with E-state index < -0.39 is 18.0 Å². The predicted octanol–water partition coefficient (Wildman–Crippen LogP) is 2.55. The number of nitrogens with one attached hydrogen (secondary N) is 2. The van der Waals surface area contributed by atoms with E-state index in [0.29, 0.717) is 17.1 Å². The molecule has 0 spiro atoms. The molecule has 0 aromatic heterocycles. The van der Waals surface area contributed by atoms with E-state index in [-0.39, 0.29) is 18.4 Å². The van der Waals surface area contributed by atoms with E-state index in [1.807, 2.05) is 13.8 Å². The van der Waals surface area contributed by atoms with Crippen LogP contribution in [0.25, 0.3) is 0 Å². The van der Waals surface area contributed by atoms with Gasteiger partial charge in [0.1, 0.15) is 12.6 Å². The van der Waals surface area contributed by atoms with Crippen molar-refractivity contribution in [1.82, 2.24) is 10.2 Å². The summed E-state index contributed by atoms with van der Waals surface area (Å²) in [5, 5.41) is 5.83. The monoisotopic (exact) mass is 337 g/mol. The van der Waals surface area contributed by atoms with E-state index in [1.54, 1.807) is 25.1 Å². The third kappa shape index (κ3) is 4.01. The van der Waals surface area contributed by atoms with Crippen molar-refractivity contribution in [3.63, 3.8) is 0 Å². The van der Waals surface area contributed by atoms with Gasteiger partial charge >= 0.3 is 6.03 Å². The van der Waals surface area contributed by atoms with Crippen molar-refractivity contribution in [1.29, 1.82) is 0 Å². The van der Waals surface area contributed by atoms with Gasteiger partial charge in [-0.1, -0.05) is 31.5 Å². The number of hydrogen-bond donors (Lipinski definition) is 2. The van der Waals surface area contributed by atoms with Crippen molar-refractivity contribution in [2.75, 3.05) is 11.9 Å². The number of urea groups is 1. The Bertz CT molecular complexity index is 645. The second-order valence-corrected chi connectivity index (χ2v) is 6.42. The summed E-state index contributed by atoms with van der Waals surface area (Å²) in [5.74, 6) is -0.530. The first-order valence-electron chi connectivity index (χ1n) is 7.46. The van der Waals surface area contributed by atoms with Gasteiger partial charge in [0.2, 0.25) is 5.91 Å².